The third kappa shape index (κ3) is 1.52. The first-order valence-electron chi connectivity index (χ1n) is 5.64. The van der Waals surface area contributed by atoms with Crippen LogP contribution in [0.1, 0.15) is 39.0 Å². The highest BCUT2D eigenvalue weighted by molar-refractivity contribution is 5.99. The van der Waals surface area contributed by atoms with Crippen molar-refractivity contribution in [1.29, 1.82) is 0 Å². The van der Waals surface area contributed by atoms with Crippen molar-refractivity contribution in [3.8, 4) is 0 Å². The van der Waals surface area contributed by atoms with Crippen LogP contribution in [-0.4, -0.2) is 22.2 Å². The van der Waals surface area contributed by atoms with Gasteiger partial charge in [0.25, 0.3) is 0 Å². The molecule has 2 N–H and O–H groups in total. The van der Waals surface area contributed by atoms with Gasteiger partial charge >= 0.3 is 11.9 Å². The van der Waals surface area contributed by atoms with Gasteiger partial charge in [0.15, 0.2) is 0 Å². The van der Waals surface area contributed by atoms with Crippen LogP contribution < -0.4 is 0 Å². The minimum absolute atomic E-state index is 0.00931. The van der Waals surface area contributed by atoms with Gasteiger partial charge in [0.1, 0.15) is 0 Å². The van der Waals surface area contributed by atoms with Gasteiger partial charge in [0.05, 0.1) is 5.57 Å². The van der Waals surface area contributed by atoms with Crippen molar-refractivity contribution in [2.24, 2.45) is 11.3 Å². The highest BCUT2D eigenvalue weighted by Gasteiger charge is 2.50. The average Bonchev–Trinajstić information content (AvgIpc) is 2.77. The number of hydrogen-bond donors (Lipinski definition) is 2. The summed E-state index contributed by atoms with van der Waals surface area (Å²) in [5.74, 6) is -1.56. The lowest BCUT2D eigenvalue weighted by molar-refractivity contribution is -0.137. The largest absolute Gasteiger partial charge is 0.478 e. The van der Waals surface area contributed by atoms with Crippen LogP contribution in [0.25, 0.3) is 0 Å². The van der Waals surface area contributed by atoms with Crippen LogP contribution >= 0.6 is 0 Å². The Balaban J connectivity index is 2.45. The zero-order chi connectivity index (χ0) is 11.9. The van der Waals surface area contributed by atoms with Gasteiger partial charge in [-0.05, 0) is 44.9 Å². The lowest BCUT2D eigenvalue weighted by Crippen LogP contribution is -2.26. The first-order chi connectivity index (χ1) is 7.46. The summed E-state index contributed by atoms with van der Waals surface area (Å²) in [4.78, 5) is 22.2. The molecule has 0 unspecified atom stereocenters. The molecule has 0 aromatic heterocycles. The van der Waals surface area contributed by atoms with E-state index in [2.05, 4.69) is 0 Å². The molecular formula is C12H16O4. The number of fused-ring (bicyclic) bond motifs is 2. The second-order valence-electron chi connectivity index (χ2n) is 5.04. The van der Waals surface area contributed by atoms with Crippen molar-refractivity contribution in [1.82, 2.24) is 0 Å². The number of rotatable bonds is 3. The summed E-state index contributed by atoms with van der Waals surface area (Å²) in [5.41, 5.74) is -0.186. The molecule has 0 saturated heterocycles. The van der Waals surface area contributed by atoms with Crippen LogP contribution in [0.5, 0.6) is 0 Å². The summed E-state index contributed by atoms with van der Waals surface area (Å²) >= 11 is 0. The highest BCUT2D eigenvalue weighted by Crippen LogP contribution is 2.58. The maximum Gasteiger partial charge on any atom is 0.332 e. The number of carboxylic acid groups (broad SMARTS) is 2. The Labute approximate surface area is 94.0 Å². The highest BCUT2D eigenvalue weighted by atomic mass is 16.4. The van der Waals surface area contributed by atoms with E-state index in [1.54, 1.807) is 0 Å². The van der Waals surface area contributed by atoms with Crippen LogP contribution in [0.15, 0.2) is 11.1 Å². The van der Waals surface area contributed by atoms with Gasteiger partial charge in [-0.1, -0.05) is 0 Å². The summed E-state index contributed by atoms with van der Waals surface area (Å²) in [6.45, 7) is 1.41. The van der Waals surface area contributed by atoms with Gasteiger partial charge < -0.3 is 10.2 Å². The summed E-state index contributed by atoms with van der Waals surface area (Å²) < 4.78 is 0. The molecular weight excluding hydrogens is 208 g/mol. The fourth-order valence-electron chi connectivity index (χ4n) is 3.43. The monoisotopic (exact) mass is 224 g/mol. The molecule has 2 aliphatic rings. The number of hydrogen-bond acceptors (Lipinski definition) is 2. The van der Waals surface area contributed by atoms with E-state index in [9.17, 15) is 14.7 Å². The zero-order valence-electron chi connectivity index (χ0n) is 9.32. The van der Waals surface area contributed by atoms with E-state index >= 15 is 0 Å². The molecule has 2 aliphatic carbocycles. The van der Waals surface area contributed by atoms with Crippen LogP contribution in [0.4, 0.5) is 0 Å². The average molecular weight is 224 g/mol. The van der Waals surface area contributed by atoms with Crippen LogP contribution in [0, 0.1) is 11.3 Å². The number of carboxylic acids is 2. The van der Waals surface area contributed by atoms with Gasteiger partial charge in [0, 0.05) is 11.0 Å². The Morgan fingerprint density at radius 3 is 2.00 bits per heavy atom. The van der Waals surface area contributed by atoms with Crippen molar-refractivity contribution in [3.05, 3.63) is 11.1 Å². The van der Waals surface area contributed by atoms with Crippen LogP contribution in [0.2, 0.25) is 0 Å². The third-order valence-electron chi connectivity index (χ3n) is 4.18. The van der Waals surface area contributed by atoms with E-state index in [0.29, 0.717) is 5.92 Å². The molecule has 0 spiro atoms. The van der Waals surface area contributed by atoms with Gasteiger partial charge in [-0.15, -0.1) is 0 Å². The zero-order valence-corrected chi connectivity index (χ0v) is 9.32. The molecule has 0 aliphatic heterocycles. The maximum atomic E-state index is 11.3. The molecule has 2 saturated carbocycles. The molecule has 2 fully saturated rings. The molecule has 0 aromatic rings. The van der Waals surface area contributed by atoms with Gasteiger partial charge in [-0.3, -0.25) is 0 Å². The Hall–Kier alpha value is -1.32. The smallest absolute Gasteiger partial charge is 0.332 e. The first kappa shape index (κ1) is 11.2. The first-order valence-corrected chi connectivity index (χ1v) is 5.64. The molecule has 4 nitrogen and oxygen atoms in total. The van der Waals surface area contributed by atoms with Crippen molar-refractivity contribution in [2.75, 3.05) is 0 Å². The van der Waals surface area contributed by atoms with Crippen molar-refractivity contribution in [2.45, 2.75) is 39.0 Å². The van der Waals surface area contributed by atoms with E-state index < -0.39 is 11.9 Å². The molecule has 0 aromatic carbocycles. The van der Waals surface area contributed by atoms with E-state index in [1.807, 2.05) is 0 Å². The summed E-state index contributed by atoms with van der Waals surface area (Å²) in [6, 6.07) is 0. The molecule has 0 amide bonds. The van der Waals surface area contributed by atoms with Gasteiger partial charge in [-0.25, -0.2) is 9.59 Å². The molecule has 0 radical (unpaired) electrons. The summed E-state index contributed by atoms with van der Waals surface area (Å²) in [7, 11) is 0. The Bertz CT molecular complexity index is 372. The van der Waals surface area contributed by atoms with Gasteiger partial charge in [0.2, 0.25) is 0 Å². The number of aliphatic carboxylic acids is 2. The minimum Gasteiger partial charge on any atom is -0.478 e. The molecule has 4 heteroatoms. The van der Waals surface area contributed by atoms with Crippen LogP contribution in [0.3, 0.4) is 0 Å². The maximum absolute atomic E-state index is 11.3. The van der Waals surface area contributed by atoms with E-state index in [-0.39, 0.29) is 16.6 Å². The SMILES string of the molecule is CC(C(=O)O)=C(C(=O)O)C12CCC(CC1)C2. The predicted octanol–water partition coefficient (Wildman–Crippen LogP) is 2.05. The molecule has 88 valence electrons. The molecule has 2 bridgehead atoms. The fourth-order valence-corrected chi connectivity index (χ4v) is 3.43. The second-order valence-corrected chi connectivity index (χ2v) is 5.04. The number of carbonyl (C=O) groups is 2. The topological polar surface area (TPSA) is 74.6 Å². The fraction of sp³-hybridized carbons (Fsp3) is 0.667. The normalized spacial score (nSPS) is 33.7. The van der Waals surface area contributed by atoms with E-state index in [4.69, 9.17) is 5.11 Å². The third-order valence-corrected chi connectivity index (χ3v) is 4.18. The van der Waals surface area contributed by atoms with Crippen molar-refractivity contribution >= 4 is 11.9 Å². The van der Waals surface area contributed by atoms with Gasteiger partial charge in [-0.2, -0.15) is 0 Å². The lowest BCUT2D eigenvalue weighted by atomic mass is 9.75. The van der Waals surface area contributed by atoms with Crippen molar-refractivity contribution < 1.29 is 19.8 Å². The van der Waals surface area contributed by atoms with Crippen LogP contribution in [-0.2, 0) is 9.59 Å². The minimum atomic E-state index is -1.11. The second kappa shape index (κ2) is 3.61. The predicted molar refractivity (Wildman–Crippen MR) is 57.0 cm³/mol. The lowest BCUT2D eigenvalue weighted by Gasteiger charge is -2.28. The molecule has 0 heterocycles. The molecule has 0 atom stereocenters. The molecule has 16 heavy (non-hydrogen) atoms. The summed E-state index contributed by atoms with van der Waals surface area (Å²) in [5, 5.41) is 18.2. The van der Waals surface area contributed by atoms with Crippen molar-refractivity contribution in [3.63, 3.8) is 0 Å². The standard InChI is InChI=1S/C12H16O4/c1-7(10(13)14)9(11(15)16)12-4-2-8(6-12)3-5-12/h8H,2-6H2,1H3,(H,13,14)(H,15,16). The Morgan fingerprint density at radius 2 is 1.69 bits per heavy atom. The van der Waals surface area contributed by atoms with E-state index in [1.165, 1.54) is 6.92 Å². The summed E-state index contributed by atoms with van der Waals surface area (Å²) in [6.07, 6.45) is 4.63. The van der Waals surface area contributed by atoms with E-state index in [0.717, 1.165) is 32.1 Å². The Morgan fingerprint density at radius 1 is 1.12 bits per heavy atom. The Kier molecular flexibility index (Phi) is 2.52. The molecule has 2 rings (SSSR count). The quantitative estimate of drug-likeness (QED) is 0.719.